The second-order valence-electron chi connectivity index (χ2n) is 11.3. The average Bonchev–Trinajstić information content (AvgIpc) is 3.40. The predicted octanol–water partition coefficient (Wildman–Crippen LogP) is 0.360. The van der Waals surface area contributed by atoms with E-state index in [0.717, 1.165) is 48.5 Å². The first-order valence-corrected chi connectivity index (χ1v) is 15.2. The Balaban J connectivity index is 2.19. The maximum Gasteiger partial charge on any atom is 0.303 e. The van der Waals surface area contributed by atoms with Gasteiger partial charge in [0, 0.05) is 61.7 Å². The predicted molar refractivity (Wildman–Crippen MR) is 158 cm³/mol. The van der Waals surface area contributed by atoms with Crippen molar-refractivity contribution in [3.8, 4) is 0 Å². The molecule has 0 aliphatic carbocycles. The molecule has 0 unspecified atom stereocenters. The minimum atomic E-state index is -1.75. The summed E-state index contributed by atoms with van der Waals surface area (Å²) in [6, 6.07) is 3.38. The van der Waals surface area contributed by atoms with Gasteiger partial charge < -0.3 is 51.9 Å². The quantitative estimate of drug-likeness (QED) is 0.212. The van der Waals surface area contributed by atoms with Crippen molar-refractivity contribution in [3.63, 3.8) is 0 Å². The van der Waals surface area contributed by atoms with Crippen molar-refractivity contribution < 1.29 is 80.9 Å². The van der Waals surface area contributed by atoms with E-state index in [9.17, 15) is 33.6 Å². The maximum absolute atomic E-state index is 12.5. The van der Waals surface area contributed by atoms with E-state index < -0.39 is 116 Å². The van der Waals surface area contributed by atoms with E-state index in [1.54, 1.807) is 29.9 Å². The smallest absolute Gasteiger partial charge is 0.303 e. The Kier molecular flexibility index (Phi) is 13.7. The Bertz CT molecular complexity index is 1390. The van der Waals surface area contributed by atoms with Gasteiger partial charge in [0.2, 0.25) is 0 Å². The minimum Gasteiger partial charge on any atom is -0.463 e. The van der Waals surface area contributed by atoms with Gasteiger partial charge >= 0.3 is 41.8 Å². The lowest BCUT2D eigenvalue weighted by atomic mass is 9.92. The Labute approximate surface area is 281 Å². The van der Waals surface area contributed by atoms with Crippen LogP contribution in [0.25, 0.3) is 0 Å². The molecule has 18 nitrogen and oxygen atoms in total. The molecule has 18 heteroatoms. The van der Waals surface area contributed by atoms with Crippen molar-refractivity contribution in [3.05, 3.63) is 24.0 Å². The van der Waals surface area contributed by atoms with E-state index in [2.05, 4.69) is 0 Å². The highest BCUT2D eigenvalue weighted by Gasteiger charge is 2.57. The number of nitrogens with zero attached hydrogens (tertiary/aromatic N) is 1. The molecule has 0 spiro atoms. The minimum absolute atomic E-state index is 0.475. The van der Waals surface area contributed by atoms with Crippen LogP contribution in [0.3, 0.4) is 0 Å². The number of hydrogen-bond acceptors (Lipinski definition) is 17. The average molecular weight is 700 g/mol. The van der Waals surface area contributed by atoms with Crippen LogP contribution < -0.4 is 0 Å². The fourth-order valence-corrected chi connectivity index (χ4v) is 5.52. The molecule has 0 saturated carbocycles. The van der Waals surface area contributed by atoms with Crippen LogP contribution in [0, 0.1) is 0 Å². The van der Waals surface area contributed by atoms with E-state index in [4.69, 9.17) is 47.4 Å². The van der Waals surface area contributed by atoms with Crippen molar-refractivity contribution in [1.82, 2.24) is 4.57 Å². The van der Waals surface area contributed by atoms with E-state index in [0.29, 0.717) is 5.69 Å². The lowest BCUT2D eigenvalue weighted by molar-refractivity contribution is -0.345. The molecule has 1 aromatic rings. The fourth-order valence-electron chi connectivity index (χ4n) is 5.52. The third-order valence-corrected chi connectivity index (χ3v) is 7.20. The Hall–Kier alpha value is -4.55. The van der Waals surface area contributed by atoms with Crippen LogP contribution in [0.2, 0.25) is 0 Å². The van der Waals surface area contributed by atoms with Crippen molar-refractivity contribution in [2.45, 2.75) is 110 Å². The third kappa shape index (κ3) is 10.7. The van der Waals surface area contributed by atoms with Crippen molar-refractivity contribution in [2.75, 3.05) is 13.2 Å². The second kappa shape index (κ2) is 17.2. The summed E-state index contributed by atoms with van der Waals surface area (Å²) in [7, 11) is 1.70. The van der Waals surface area contributed by atoms with E-state index in [-0.39, 0.29) is 0 Å². The normalized spacial score (nSPS) is 29.5. The van der Waals surface area contributed by atoms with Gasteiger partial charge in [-0.2, -0.15) is 0 Å². The number of aromatic nitrogens is 1. The molecule has 2 saturated heterocycles. The van der Waals surface area contributed by atoms with Crippen molar-refractivity contribution in [1.29, 1.82) is 0 Å². The summed E-state index contributed by atoms with van der Waals surface area (Å²) in [6.07, 6.45) is -12.9. The monoisotopic (exact) mass is 699 g/mol. The molecule has 3 rings (SSSR count). The molecule has 3 heterocycles. The van der Waals surface area contributed by atoms with Gasteiger partial charge in [-0.05, 0) is 12.1 Å². The largest absolute Gasteiger partial charge is 0.463 e. The number of aryl methyl sites for hydroxylation is 1. The van der Waals surface area contributed by atoms with E-state index in [1.165, 1.54) is 0 Å². The Morgan fingerprint density at radius 1 is 0.571 bits per heavy atom. The molecule has 10 atom stereocenters. The molecular formula is C31H41NO17. The summed E-state index contributed by atoms with van der Waals surface area (Å²) in [4.78, 5) is 85.4. The molecule has 2 aliphatic rings. The van der Waals surface area contributed by atoms with Gasteiger partial charge in [-0.3, -0.25) is 33.6 Å². The molecule has 49 heavy (non-hydrogen) atoms. The molecular weight excluding hydrogens is 658 g/mol. The van der Waals surface area contributed by atoms with Gasteiger partial charge in [0.05, 0.1) is 5.69 Å². The number of esters is 7. The summed E-state index contributed by atoms with van der Waals surface area (Å²) < 4.78 is 58.5. The molecule has 2 aliphatic heterocycles. The topological polar surface area (TPSA) is 217 Å². The van der Waals surface area contributed by atoms with Gasteiger partial charge in [-0.25, -0.2) is 0 Å². The summed E-state index contributed by atoms with van der Waals surface area (Å²) in [5, 5.41) is 0. The summed E-state index contributed by atoms with van der Waals surface area (Å²) in [5.41, 5.74) is 0.488. The van der Waals surface area contributed by atoms with Gasteiger partial charge in [-0.1, -0.05) is 0 Å². The lowest BCUT2D eigenvalue weighted by Gasteiger charge is -2.49. The summed E-state index contributed by atoms with van der Waals surface area (Å²) >= 11 is 0. The van der Waals surface area contributed by atoms with Gasteiger partial charge in [0.15, 0.2) is 36.8 Å². The Morgan fingerprint density at radius 3 is 1.45 bits per heavy atom. The van der Waals surface area contributed by atoms with Crippen LogP contribution in [0.5, 0.6) is 0 Å². The molecule has 2 fully saturated rings. The van der Waals surface area contributed by atoms with Crippen LogP contribution in [-0.4, -0.2) is 115 Å². The van der Waals surface area contributed by atoms with Gasteiger partial charge in [0.1, 0.15) is 37.6 Å². The molecule has 0 bridgehead atoms. The molecule has 0 aromatic carbocycles. The molecule has 272 valence electrons. The maximum atomic E-state index is 12.5. The zero-order chi connectivity index (χ0) is 36.6. The highest BCUT2D eigenvalue weighted by molar-refractivity contribution is 5.69. The van der Waals surface area contributed by atoms with E-state index >= 15 is 0 Å². The van der Waals surface area contributed by atoms with Gasteiger partial charge in [0.25, 0.3) is 0 Å². The summed E-state index contributed by atoms with van der Waals surface area (Å²) in [6.45, 7) is 6.64. The van der Waals surface area contributed by atoms with Crippen LogP contribution in [-0.2, 0) is 88.0 Å². The zero-order valence-electron chi connectivity index (χ0n) is 28.3. The first kappa shape index (κ1) is 38.9. The van der Waals surface area contributed by atoms with Crippen LogP contribution >= 0.6 is 0 Å². The number of ether oxygens (including phenoxy) is 10. The molecule has 0 amide bonds. The zero-order valence-corrected chi connectivity index (χ0v) is 28.3. The SMILES string of the molecule is CC(=O)OC[C@H]1O[C@@H](c2cccn2C)[C@H](OC(C)=O)[C@@H](OC(C)=O)[C@@H]1O[C@H]1O[C@H](COC(C)=O)[C@@H](OC(C)=O)[C@H](OC(C)=O)[C@H]1OC(C)=O. The first-order chi connectivity index (χ1) is 23.0. The van der Waals surface area contributed by atoms with Gasteiger partial charge in [-0.15, -0.1) is 0 Å². The number of carbonyl (C=O) groups is 7. The highest BCUT2D eigenvalue weighted by atomic mass is 16.8. The van der Waals surface area contributed by atoms with Crippen molar-refractivity contribution >= 4 is 41.8 Å². The molecule has 0 N–H and O–H groups in total. The van der Waals surface area contributed by atoms with E-state index in [1.807, 2.05) is 0 Å². The van der Waals surface area contributed by atoms with Crippen LogP contribution in [0.1, 0.15) is 60.3 Å². The number of hydrogen-bond donors (Lipinski definition) is 0. The number of carbonyl (C=O) groups excluding carboxylic acids is 7. The third-order valence-electron chi connectivity index (χ3n) is 7.20. The van der Waals surface area contributed by atoms with Crippen LogP contribution in [0.15, 0.2) is 18.3 Å². The molecule has 1 aromatic heterocycles. The first-order valence-electron chi connectivity index (χ1n) is 15.2. The molecule has 0 radical (unpaired) electrons. The summed E-state index contributed by atoms with van der Waals surface area (Å²) in [5.74, 6) is -5.64. The standard InChI is InChI=1S/C31H41NO17/c1-14(33)40-12-22-26(28(44-18(5)37)27(43-17(4)36)24(47-22)21-10-9-11-32(21)8)49-31-30(46-20(7)39)29(45-19(6)38)25(42-16(3)35)23(48-31)13-41-15(2)34/h9-11,22-31H,12-13H2,1-8H3/t22-,23-,24+,25-,26-,27+,28+,29+,30-,31-/m1/s1. The Morgan fingerprint density at radius 2 is 1.00 bits per heavy atom. The van der Waals surface area contributed by atoms with Crippen molar-refractivity contribution in [2.24, 2.45) is 7.05 Å². The number of rotatable bonds is 12. The second-order valence-corrected chi connectivity index (χ2v) is 11.3. The fraction of sp³-hybridized carbons (Fsp3) is 0.645. The van der Waals surface area contributed by atoms with Crippen LogP contribution in [0.4, 0.5) is 0 Å². The highest BCUT2D eigenvalue weighted by Crippen LogP contribution is 2.40. The lowest BCUT2D eigenvalue weighted by Crippen LogP contribution is -2.66.